The van der Waals surface area contributed by atoms with Crippen LogP contribution in [0.3, 0.4) is 0 Å². The maximum absolute atomic E-state index is 2.45. The van der Waals surface area contributed by atoms with Crippen molar-refractivity contribution in [1.82, 2.24) is 4.57 Å². The molecule has 2 heteroatoms. The van der Waals surface area contributed by atoms with Gasteiger partial charge in [-0.05, 0) is 98.6 Å². The van der Waals surface area contributed by atoms with E-state index in [1.54, 1.807) is 0 Å². The SMILES string of the molecule is c1ccc(-c2ccccc2-c2ccc(N(c3cccc(-c4ccccc4-c4ccccc4)c3)c3ccc4c5ccccc5n(-c5ccccc5-c5ccccc5)c4c3)cc2)cc1. The Hall–Kier alpha value is -8.20. The summed E-state index contributed by atoms with van der Waals surface area (Å²) in [7, 11) is 0. The maximum Gasteiger partial charge on any atom is 0.0562 e. The van der Waals surface area contributed by atoms with E-state index in [4.69, 9.17) is 0 Å². The summed E-state index contributed by atoms with van der Waals surface area (Å²) in [5.41, 5.74) is 18.6. The second-order valence-corrected chi connectivity index (χ2v) is 15.7. The Kier molecular flexibility index (Phi) is 9.57. The first-order valence-electron chi connectivity index (χ1n) is 21.3. The van der Waals surface area contributed by atoms with Crippen molar-refractivity contribution in [3.63, 3.8) is 0 Å². The van der Waals surface area contributed by atoms with E-state index in [1.807, 2.05) is 0 Å². The molecule has 0 spiro atoms. The molecule has 62 heavy (non-hydrogen) atoms. The van der Waals surface area contributed by atoms with E-state index in [0.717, 1.165) is 33.8 Å². The van der Waals surface area contributed by atoms with E-state index < -0.39 is 0 Å². The second-order valence-electron chi connectivity index (χ2n) is 15.7. The number of rotatable bonds is 9. The summed E-state index contributed by atoms with van der Waals surface area (Å²) in [5.74, 6) is 0. The topological polar surface area (TPSA) is 8.17 Å². The van der Waals surface area contributed by atoms with Crippen LogP contribution in [-0.4, -0.2) is 4.57 Å². The summed E-state index contributed by atoms with van der Waals surface area (Å²) in [4.78, 5) is 2.41. The number of aromatic nitrogens is 1. The highest BCUT2D eigenvalue weighted by atomic mass is 15.1. The smallest absolute Gasteiger partial charge is 0.0562 e. The second kappa shape index (κ2) is 16.1. The average Bonchev–Trinajstić information content (AvgIpc) is 3.69. The van der Waals surface area contributed by atoms with Gasteiger partial charge < -0.3 is 9.47 Å². The Balaban J connectivity index is 1.11. The quantitative estimate of drug-likeness (QED) is 0.141. The maximum atomic E-state index is 2.45. The summed E-state index contributed by atoms with van der Waals surface area (Å²) in [6.07, 6.45) is 0. The van der Waals surface area contributed by atoms with Crippen LogP contribution in [0.1, 0.15) is 0 Å². The van der Waals surface area contributed by atoms with Crippen molar-refractivity contribution in [2.75, 3.05) is 4.90 Å². The van der Waals surface area contributed by atoms with E-state index in [2.05, 4.69) is 264 Å². The molecule has 0 saturated carbocycles. The molecule has 0 unspecified atom stereocenters. The summed E-state index contributed by atoms with van der Waals surface area (Å²) < 4.78 is 2.45. The molecule has 0 amide bonds. The molecule has 0 aliphatic carbocycles. The fourth-order valence-electron chi connectivity index (χ4n) is 9.15. The van der Waals surface area contributed by atoms with Gasteiger partial charge in [-0.1, -0.05) is 206 Å². The van der Waals surface area contributed by atoms with Gasteiger partial charge in [0, 0.05) is 33.4 Å². The molecule has 0 bridgehead atoms. The molecule has 0 aliphatic rings. The molecule has 0 atom stereocenters. The molecule has 0 fully saturated rings. The normalized spacial score (nSPS) is 11.2. The molecule has 0 N–H and O–H groups in total. The van der Waals surface area contributed by atoms with Gasteiger partial charge in [0.25, 0.3) is 0 Å². The van der Waals surface area contributed by atoms with Crippen molar-refractivity contribution in [2.24, 2.45) is 0 Å². The van der Waals surface area contributed by atoms with E-state index in [1.165, 1.54) is 66.4 Å². The lowest BCUT2D eigenvalue weighted by Crippen LogP contribution is -2.10. The molecule has 1 aromatic heterocycles. The Morgan fingerprint density at radius 3 is 1.27 bits per heavy atom. The number of nitrogens with zero attached hydrogens (tertiary/aromatic N) is 2. The van der Waals surface area contributed by atoms with Gasteiger partial charge in [0.1, 0.15) is 0 Å². The van der Waals surface area contributed by atoms with Crippen LogP contribution < -0.4 is 4.90 Å². The lowest BCUT2D eigenvalue weighted by Gasteiger charge is -2.27. The number of hydrogen-bond donors (Lipinski definition) is 0. The van der Waals surface area contributed by atoms with Crippen molar-refractivity contribution in [2.45, 2.75) is 0 Å². The summed E-state index contributed by atoms with van der Waals surface area (Å²) in [5, 5.41) is 2.44. The predicted molar refractivity (Wildman–Crippen MR) is 263 cm³/mol. The molecule has 0 saturated heterocycles. The van der Waals surface area contributed by atoms with Gasteiger partial charge in [0.05, 0.1) is 16.7 Å². The third-order valence-electron chi connectivity index (χ3n) is 12.0. The minimum absolute atomic E-state index is 1.07. The molecule has 1 heterocycles. The zero-order chi connectivity index (χ0) is 41.2. The largest absolute Gasteiger partial charge is 0.310 e. The molecule has 0 radical (unpaired) electrons. The van der Waals surface area contributed by atoms with Gasteiger partial charge in [-0.2, -0.15) is 0 Å². The first kappa shape index (κ1) is 36.8. The molecule has 10 aromatic carbocycles. The van der Waals surface area contributed by atoms with E-state index in [-0.39, 0.29) is 0 Å². The van der Waals surface area contributed by atoms with Crippen LogP contribution in [0, 0.1) is 0 Å². The minimum Gasteiger partial charge on any atom is -0.310 e. The number of para-hydroxylation sites is 2. The van der Waals surface area contributed by atoms with Crippen LogP contribution in [-0.2, 0) is 0 Å². The van der Waals surface area contributed by atoms with Crippen molar-refractivity contribution < 1.29 is 0 Å². The van der Waals surface area contributed by atoms with Gasteiger partial charge in [-0.25, -0.2) is 0 Å². The first-order chi connectivity index (χ1) is 30.8. The third kappa shape index (κ3) is 6.74. The Morgan fingerprint density at radius 1 is 0.242 bits per heavy atom. The van der Waals surface area contributed by atoms with Gasteiger partial charge in [-0.15, -0.1) is 0 Å². The van der Waals surface area contributed by atoms with Gasteiger partial charge >= 0.3 is 0 Å². The highest BCUT2D eigenvalue weighted by Gasteiger charge is 2.20. The Labute approximate surface area is 362 Å². The van der Waals surface area contributed by atoms with E-state index in [0.29, 0.717) is 0 Å². The van der Waals surface area contributed by atoms with Gasteiger partial charge in [-0.3, -0.25) is 0 Å². The van der Waals surface area contributed by atoms with Crippen molar-refractivity contribution in [3.8, 4) is 61.3 Å². The fourth-order valence-corrected chi connectivity index (χ4v) is 9.15. The minimum atomic E-state index is 1.07. The lowest BCUT2D eigenvalue weighted by atomic mass is 9.94. The van der Waals surface area contributed by atoms with Crippen LogP contribution in [0.2, 0.25) is 0 Å². The summed E-state index contributed by atoms with van der Waals surface area (Å²) in [6, 6.07) is 92.1. The number of hydrogen-bond acceptors (Lipinski definition) is 1. The van der Waals surface area contributed by atoms with Crippen molar-refractivity contribution in [3.05, 3.63) is 255 Å². The molecular weight excluding hydrogens is 749 g/mol. The highest BCUT2D eigenvalue weighted by Crippen LogP contribution is 2.43. The molecular formula is C60H42N2. The lowest BCUT2D eigenvalue weighted by molar-refractivity contribution is 1.18. The van der Waals surface area contributed by atoms with E-state index in [9.17, 15) is 0 Å². The van der Waals surface area contributed by atoms with Crippen LogP contribution in [0.15, 0.2) is 255 Å². The average molecular weight is 791 g/mol. The van der Waals surface area contributed by atoms with Crippen LogP contribution in [0.25, 0.3) is 83.1 Å². The zero-order valence-corrected chi connectivity index (χ0v) is 34.1. The highest BCUT2D eigenvalue weighted by molar-refractivity contribution is 6.11. The zero-order valence-electron chi connectivity index (χ0n) is 34.1. The van der Waals surface area contributed by atoms with Crippen LogP contribution >= 0.6 is 0 Å². The van der Waals surface area contributed by atoms with Gasteiger partial charge in [0.15, 0.2) is 0 Å². The van der Waals surface area contributed by atoms with Crippen LogP contribution in [0.4, 0.5) is 17.1 Å². The standard InChI is InChI=1S/C60H42N2/c1-4-19-43(20-5-1)51-27-10-11-29-53(51)46-35-37-48(38-36-46)61(49-26-18-25-47(41-49)54-30-13-12-28-52(54)44-21-6-2-7-22-44)50-39-40-57-56-32-15-17-34-59(56)62(60(57)42-50)58-33-16-14-31-55(58)45-23-8-3-9-24-45/h1-42H. The predicted octanol–water partition coefficient (Wildman–Crippen LogP) is 16.6. The molecule has 2 nitrogen and oxygen atoms in total. The van der Waals surface area contributed by atoms with Gasteiger partial charge in [0.2, 0.25) is 0 Å². The molecule has 11 rings (SSSR count). The van der Waals surface area contributed by atoms with E-state index >= 15 is 0 Å². The first-order valence-corrected chi connectivity index (χ1v) is 21.3. The third-order valence-corrected chi connectivity index (χ3v) is 12.0. The Bertz CT molecular complexity index is 3330. The molecule has 11 aromatic rings. The molecule has 292 valence electrons. The molecule has 0 aliphatic heterocycles. The monoisotopic (exact) mass is 790 g/mol. The van der Waals surface area contributed by atoms with Crippen molar-refractivity contribution in [1.29, 1.82) is 0 Å². The number of fused-ring (bicyclic) bond motifs is 3. The Morgan fingerprint density at radius 2 is 0.661 bits per heavy atom. The van der Waals surface area contributed by atoms with Crippen molar-refractivity contribution >= 4 is 38.9 Å². The number of anilines is 3. The summed E-state index contributed by atoms with van der Waals surface area (Å²) in [6.45, 7) is 0. The summed E-state index contributed by atoms with van der Waals surface area (Å²) >= 11 is 0. The number of benzene rings is 10. The fraction of sp³-hybridized carbons (Fsp3) is 0. The van der Waals surface area contributed by atoms with Crippen LogP contribution in [0.5, 0.6) is 0 Å².